The Bertz CT molecular complexity index is 1340. The maximum atomic E-state index is 13.1. The average molecular weight is 472 g/mol. The van der Waals surface area contributed by atoms with Gasteiger partial charge < -0.3 is 24.7 Å². The van der Waals surface area contributed by atoms with Gasteiger partial charge in [0.2, 0.25) is 11.8 Å². The molecule has 4 aromatic heterocycles. The second kappa shape index (κ2) is 8.46. The fourth-order valence-electron chi connectivity index (χ4n) is 4.64. The van der Waals surface area contributed by atoms with Gasteiger partial charge in [-0.25, -0.2) is 18.7 Å². The molecule has 1 saturated carbocycles. The molecule has 0 unspecified atom stereocenters. The number of aromatic amines is 1. The van der Waals surface area contributed by atoms with E-state index in [2.05, 4.69) is 30.2 Å². The van der Waals surface area contributed by atoms with E-state index >= 15 is 0 Å². The van der Waals surface area contributed by atoms with Crippen molar-refractivity contribution in [1.29, 1.82) is 0 Å². The lowest BCUT2D eigenvalue weighted by Crippen LogP contribution is -2.36. The number of methoxy groups -OCH3 is 1. The molecule has 0 atom stereocenters. The normalized spacial score (nSPS) is 21.0. The second-order valence-corrected chi connectivity index (χ2v) is 9.13. The van der Waals surface area contributed by atoms with Gasteiger partial charge in [0.25, 0.3) is 6.43 Å². The monoisotopic (exact) mass is 471 g/mol. The van der Waals surface area contributed by atoms with Crippen LogP contribution in [0.5, 0.6) is 5.88 Å². The van der Waals surface area contributed by atoms with Crippen molar-refractivity contribution in [2.24, 2.45) is 0 Å². The van der Waals surface area contributed by atoms with E-state index in [0.717, 1.165) is 18.4 Å². The largest absolute Gasteiger partial charge is 0.480 e. The van der Waals surface area contributed by atoms with E-state index in [9.17, 15) is 13.9 Å². The summed E-state index contributed by atoms with van der Waals surface area (Å²) in [4.78, 5) is 21.1. The number of aliphatic hydroxyl groups is 1. The van der Waals surface area contributed by atoms with Crippen LogP contribution in [-0.2, 0) is 6.54 Å². The molecule has 0 aliphatic heterocycles. The van der Waals surface area contributed by atoms with Crippen LogP contribution in [-0.4, -0.2) is 59.8 Å². The van der Waals surface area contributed by atoms with Gasteiger partial charge in [0, 0.05) is 29.6 Å². The van der Waals surface area contributed by atoms with Crippen molar-refractivity contribution >= 4 is 28.1 Å². The maximum absolute atomic E-state index is 13.1. The highest BCUT2D eigenvalue weighted by atomic mass is 19.3. The lowest BCUT2D eigenvalue weighted by Gasteiger charge is -2.33. The summed E-state index contributed by atoms with van der Waals surface area (Å²) >= 11 is 0. The van der Waals surface area contributed by atoms with Crippen molar-refractivity contribution in [3.8, 4) is 17.0 Å². The lowest BCUT2D eigenvalue weighted by molar-refractivity contribution is 0.0195. The molecular weight excluding hydrogens is 444 g/mol. The number of alkyl halides is 2. The Morgan fingerprint density at radius 1 is 1.29 bits per heavy atom. The predicted octanol–water partition coefficient (Wildman–Crippen LogP) is 4.06. The van der Waals surface area contributed by atoms with E-state index < -0.39 is 18.6 Å². The molecular formula is C23H27F2N7O2. The molecule has 0 amide bonds. The third-order valence-corrected chi connectivity index (χ3v) is 6.52. The number of fused-ring (bicyclic) bond motifs is 2. The number of halogens is 2. The molecule has 0 spiro atoms. The van der Waals surface area contributed by atoms with Crippen LogP contribution >= 0.6 is 0 Å². The fourth-order valence-corrected chi connectivity index (χ4v) is 4.64. The first-order valence-electron chi connectivity index (χ1n) is 11.3. The number of aromatic nitrogens is 6. The van der Waals surface area contributed by atoms with Crippen molar-refractivity contribution in [2.75, 3.05) is 12.4 Å². The topological polar surface area (TPSA) is 114 Å². The summed E-state index contributed by atoms with van der Waals surface area (Å²) in [5, 5.41) is 14.2. The fraction of sp³-hybridized carbons (Fsp3) is 0.478. The van der Waals surface area contributed by atoms with Gasteiger partial charge in [-0.1, -0.05) is 0 Å². The zero-order valence-electron chi connectivity index (χ0n) is 19.3. The van der Waals surface area contributed by atoms with Gasteiger partial charge in [0.05, 0.1) is 30.2 Å². The number of anilines is 1. The van der Waals surface area contributed by atoms with Crippen LogP contribution < -0.4 is 10.1 Å². The van der Waals surface area contributed by atoms with Gasteiger partial charge in [-0.15, -0.1) is 0 Å². The van der Waals surface area contributed by atoms with E-state index in [1.807, 2.05) is 6.92 Å². The van der Waals surface area contributed by atoms with Crippen LogP contribution in [0.15, 0.2) is 18.5 Å². The molecule has 4 heterocycles. The number of imidazole rings is 1. The number of rotatable bonds is 6. The minimum absolute atomic E-state index is 0.168. The van der Waals surface area contributed by atoms with Gasteiger partial charge in [-0.2, -0.15) is 9.97 Å². The quantitative estimate of drug-likeness (QED) is 0.389. The van der Waals surface area contributed by atoms with E-state index in [4.69, 9.17) is 4.74 Å². The molecule has 11 heteroatoms. The number of ether oxygens (including phenoxy) is 1. The second-order valence-electron chi connectivity index (χ2n) is 9.13. The standard InChI is InChI=1S/C23H27F2N7O2/c1-12-28-19-16(32(12)11-17(24)25)8-13(9-26-19)15-10-27-20-18(15)21(34-3)31-22(30-20)29-14-4-6-23(2,33)7-5-14/h8-10,14,17,33H,4-7,11H2,1-3H3,(H2,27,29,30,31)/t14-,23+. The molecule has 4 aromatic rings. The first kappa shape index (κ1) is 22.5. The minimum Gasteiger partial charge on any atom is -0.480 e. The Morgan fingerprint density at radius 3 is 2.76 bits per heavy atom. The summed E-state index contributed by atoms with van der Waals surface area (Å²) in [5.74, 6) is 1.33. The number of H-pyrrole nitrogens is 1. The van der Waals surface area contributed by atoms with E-state index in [-0.39, 0.29) is 6.04 Å². The average Bonchev–Trinajstić information content (AvgIpc) is 3.35. The summed E-state index contributed by atoms with van der Waals surface area (Å²) in [5.41, 5.74) is 2.40. The third-order valence-electron chi connectivity index (χ3n) is 6.52. The Balaban J connectivity index is 1.51. The molecule has 180 valence electrons. The number of nitrogens with one attached hydrogen (secondary N) is 2. The van der Waals surface area contributed by atoms with E-state index in [1.165, 1.54) is 4.57 Å². The molecule has 5 rings (SSSR count). The zero-order valence-corrected chi connectivity index (χ0v) is 19.3. The number of hydrogen-bond donors (Lipinski definition) is 3. The highest BCUT2D eigenvalue weighted by molar-refractivity contribution is 5.98. The SMILES string of the molecule is COc1nc(N[C@H]2CC[C@@](C)(O)CC2)nc2[nH]cc(-c3cnc4nc(C)n(CC(F)F)c4c3)c12. The molecule has 9 nitrogen and oxygen atoms in total. The van der Waals surface area contributed by atoms with Crippen molar-refractivity contribution in [1.82, 2.24) is 29.5 Å². The summed E-state index contributed by atoms with van der Waals surface area (Å²) in [6, 6.07) is 1.97. The van der Waals surface area contributed by atoms with E-state index in [0.29, 0.717) is 58.3 Å². The summed E-state index contributed by atoms with van der Waals surface area (Å²) in [6.07, 6.45) is 4.02. The van der Waals surface area contributed by atoms with Crippen molar-refractivity contribution in [3.63, 3.8) is 0 Å². The maximum Gasteiger partial charge on any atom is 0.256 e. The molecule has 0 saturated heterocycles. The van der Waals surface area contributed by atoms with E-state index in [1.54, 1.807) is 32.5 Å². The Kier molecular flexibility index (Phi) is 5.59. The Hall–Kier alpha value is -3.34. The molecule has 0 radical (unpaired) electrons. The van der Waals surface area contributed by atoms with Crippen molar-refractivity contribution in [2.45, 2.75) is 64.1 Å². The minimum atomic E-state index is -2.50. The predicted molar refractivity (Wildman–Crippen MR) is 124 cm³/mol. The summed E-state index contributed by atoms with van der Waals surface area (Å²) in [7, 11) is 1.54. The smallest absolute Gasteiger partial charge is 0.256 e. The number of hydrogen-bond acceptors (Lipinski definition) is 7. The van der Waals surface area contributed by atoms with Gasteiger partial charge >= 0.3 is 0 Å². The van der Waals surface area contributed by atoms with Gasteiger partial charge in [-0.3, -0.25) is 0 Å². The van der Waals surface area contributed by atoms with Crippen LogP contribution in [0.3, 0.4) is 0 Å². The van der Waals surface area contributed by atoms with Crippen LogP contribution in [0.2, 0.25) is 0 Å². The number of pyridine rings is 1. The highest BCUT2D eigenvalue weighted by Gasteiger charge is 2.29. The van der Waals surface area contributed by atoms with Gasteiger partial charge in [-0.05, 0) is 45.6 Å². The molecule has 0 aromatic carbocycles. The molecule has 1 fully saturated rings. The first-order chi connectivity index (χ1) is 16.2. The molecule has 1 aliphatic rings. The summed E-state index contributed by atoms with van der Waals surface area (Å²) in [6.45, 7) is 3.11. The van der Waals surface area contributed by atoms with Gasteiger partial charge in [0.1, 0.15) is 11.5 Å². The van der Waals surface area contributed by atoms with Crippen LogP contribution in [0.1, 0.15) is 38.4 Å². The third kappa shape index (κ3) is 4.15. The van der Waals surface area contributed by atoms with Crippen molar-refractivity contribution < 1.29 is 18.6 Å². The highest BCUT2D eigenvalue weighted by Crippen LogP contribution is 2.36. The summed E-state index contributed by atoms with van der Waals surface area (Å²) < 4.78 is 33.3. The molecule has 34 heavy (non-hydrogen) atoms. The number of nitrogens with zero attached hydrogens (tertiary/aromatic N) is 5. The Morgan fingerprint density at radius 2 is 2.06 bits per heavy atom. The molecule has 0 bridgehead atoms. The van der Waals surface area contributed by atoms with Crippen LogP contribution in [0.4, 0.5) is 14.7 Å². The molecule has 1 aliphatic carbocycles. The number of aryl methyl sites for hydroxylation is 1. The lowest BCUT2D eigenvalue weighted by atomic mass is 9.84. The van der Waals surface area contributed by atoms with Crippen molar-refractivity contribution in [3.05, 3.63) is 24.3 Å². The first-order valence-corrected chi connectivity index (χ1v) is 11.3. The van der Waals surface area contributed by atoms with Gasteiger partial charge in [0.15, 0.2) is 5.65 Å². The zero-order chi connectivity index (χ0) is 24.0. The Labute approximate surface area is 194 Å². The van der Waals surface area contributed by atoms with Crippen LogP contribution in [0.25, 0.3) is 33.3 Å². The molecule has 3 N–H and O–H groups in total. The van der Waals surface area contributed by atoms with Crippen LogP contribution in [0, 0.1) is 6.92 Å².